The number of urea groups is 1. The van der Waals surface area contributed by atoms with Crippen molar-refractivity contribution in [1.29, 1.82) is 0 Å². The summed E-state index contributed by atoms with van der Waals surface area (Å²) in [6, 6.07) is 30.4. The summed E-state index contributed by atoms with van der Waals surface area (Å²) in [5.74, 6) is 1.95. The Balaban J connectivity index is 1.12. The smallest absolute Gasteiger partial charge is 0.322 e. The molecule has 2 bridgehead atoms. The van der Waals surface area contributed by atoms with Gasteiger partial charge in [0.05, 0.1) is 46.1 Å². The number of nitrogens with one attached hydrogen (secondary N) is 1. The lowest BCUT2D eigenvalue weighted by Gasteiger charge is -2.71. The van der Waals surface area contributed by atoms with Crippen molar-refractivity contribution < 1.29 is 34.0 Å². The molecule has 9 nitrogen and oxygen atoms in total. The van der Waals surface area contributed by atoms with Crippen LogP contribution in [0, 0.1) is 33.5 Å². The molecule has 8 atom stereocenters. The van der Waals surface area contributed by atoms with Crippen molar-refractivity contribution in [2.75, 3.05) is 33.2 Å². The van der Waals surface area contributed by atoms with Gasteiger partial charge in [-0.15, -0.1) is 0 Å². The highest BCUT2D eigenvalue weighted by molar-refractivity contribution is 6.14. The number of hydrogen-bond donors (Lipinski definition) is 3. The Morgan fingerprint density at radius 2 is 1.44 bits per heavy atom. The Bertz CT molecular complexity index is 2400. The Morgan fingerprint density at radius 3 is 2.18 bits per heavy atom. The number of carbonyl (C=O) groups is 2. The average molecular weight is 823 g/mol. The molecule has 61 heavy (non-hydrogen) atoms. The molecule has 3 saturated carbocycles. The monoisotopic (exact) mass is 822 g/mol. The maximum Gasteiger partial charge on any atom is 0.322 e. The van der Waals surface area contributed by atoms with Gasteiger partial charge in [-0.1, -0.05) is 86.7 Å². The van der Waals surface area contributed by atoms with E-state index in [0.717, 1.165) is 47.9 Å². The Morgan fingerprint density at radius 1 is 0.770 bits per heavy atom. The fraction of sp³-hybridized carbons (Fsp3) is 0.423. The van der Waals surface area contributed by atoms with Crippen LogP contribution in [0.2, 0.25) is 0 Å². The van der Waals surface area contributed by atoms with Crippen LogP contribution in [-0.2, 0) is 6.54 Å². The number of benzene rings is 4. The Hall–Kier alpha value is -5.38. The molecule has 3 fully saturated rings. The molecule has 0 heterocycles. The topological polar surface area (TPSA) is 118 Å². The molecule has 9 heteroatoms. The van der Waals surface area contributed by atoms with Gasteiger partial charge in [0.15, 0.2) is 5.78 Å². The summed E-state index contributed by atoms with van der Waals surface area (Å²) < 4.78 is 16.6. The minimum atomic E-state index is -1.30. The molecule has 0 saturated heterocycles. The number of fused-ring (bicyclic) bond motifs is 1. The van der Waals surface area contributed by atoms with E-state index in [-0.39, 0.29) is 42.2 Å². The number of Topliss-reactive ketones (excluding diaryl/α,β-unsaturated/α-hetero) is 1. The Kier molecular flexibility index (Phi) is 10.2. The fourth-order valence-corrected chi connectivity index (χ4v) is 12.9. The van der Waals surface area contributed by atoms with Crippen LogP contribution >= 0.6 is 0 Å². The summed E-state index contributed by atoms with van der Waals surface area (Å²) in [5.41, 5.74) is 1.46. The number of nitrogens with zero attached hydrogens (tertiary/aromatic N) is 1. The highest BCUT2D eigenvalue weighted by Gasteiger charge is 2.74. The van der Waals surface area contributed by atoms with Gasteiger partial charge >= 0.3 is 6.03 Å². The van der Waals surface area contributed by atoms with Crippen molar-refractivity contribution in [2.45, 2.75) is 77.0 Å². The van der Waals surface area contributed by atoms with Crippen molar-refractivity contribution in [2.24, 2.45) is 33.5 Å². The number of amides is 2. The van der Waals surface area contributed by atoms with E-state index in [1.165, 1.54) is 0 Å². The van der Waals surface area contributed by atoms with Crippen LogP contribution in [-0.4, -0.2) is 66.5 Å². The molecule has 318 valence electrons. The minimum Gasteiger partial charge on any atom is -0.497 e. The molecule has 6 aliphatic carbocycles. The molecule has 0 radical (unpaired) electrons. The molecule has 2 amide bonds. The standard InChI is InChI=1S/C52H58N2O7/c1-48-24-21-37(55)30-50(48)27-28-52(42(31-50)46(56)41-14-10-9-13-40(41)34-11-7-6-8-12-34)44(48)22-25-49(2)45(52)23-26-51(49,58)33-54(32-35-15-18-39(60-4)29-43(35)61-5)47(57)53-36-16-19-38(59-3)20-17-36/h6-20,27-29,31,37,44-45,55,58H,21-26,30,32-33H2,1-5H3,(H,53,57)/t37?,44-,45-,48-,49+,50+,51-,52-/m1/s1. The number of carbonyl (C=O) groups excluding carboxylic acids is 2. The first-order chi connectivity index (χ1) is 29.3. The summed E-state index contributed by atoms with van der Waals surface area (Å²) in [6.45, 7) is 4.85. The molecule has 2 spiro atoms. The van der Waals surface area contributed by atoms with Crippen molar-refractivity contribution in [1.82, 2.24) is 4.90 Å². The average Bonchev–Trinajstić information content (AvgIpc) is 3.55. The molecule has 10 rings (SSSR count). The van der Waals surface area contributed by atoms with Crippen LogP contribution in [0.3, 0.4) is 0 Å². The first-order valence-electron chi connectivity index (χ1n) is 21.8. The fourth-order valence-electron chi connectivity index (χ4n) is 12.9. The van der Waals surface area contributed by atoms with Crippen LogP contribution in [0.1, 0.15) is 74.7 Å². The van der Waals surface area contributed by atoms with Crippen LogP contribution in [0.25, 0.3) is 11.1 Å². The quantitative estimate of drug-likeness (QED) is 0.102. The second-order valence-electron chi connectivity index (χ2n) is 18.7. The van der Waals surface area contributed by atoms with E-state index in [0.29, 0.717) is 47.8 Å². The number of methoxy groups -OCH3 is 3. The highest BCUT2D eigenvalue weighted by atomic mass is 16.5. The number of ether oxygens (including phenoxy) is 3. The number of anilines is 1. The molecule has 3 N–H and O–H groups in total. The lowest BCUT2D eigenvalue weighted by Crippen LogP contribution is -2.67. The van der Waals surface area contributed by atoms with Gasteiger partial charge in [-0.05, 0) is 110 Å². The molecular weight excluding hydrogens is 765 g/mol. The third kappa shape index (κ3) is 6.33. The summed E-state index contributed by atoms with van der Waals surface area (Å²) in [5, 5.41) is 27.7. The molecule has 4 aromatic rings. The molecule has 0 aromatic heterocycles. The van der Waals surface area contributed by atoms with E-state index in [9.17, 15) is 15.0 Å². The van der Waals surface area contributed by atoms with Crippen LogP contribution in [0.4, 0.5) is 10.5 Å². The predicted molar refractivity (Wildman–Crippen MR) is 237 cm³/mol. The van der Waals surface area contributed by atoms with E-state index in [1.54, 1.807) is 56.6 Å². The van der Waals surface area contributed by atoms with Gasteiger partial charge in [-0.2, -0.15) is 0 Å². The largest absolute Gasteiger partial charge is 0.497 e. The molecule has 4 aromatic carbocycles. The van der Waals surface area contributed by atoms with Crippen molar-refractivity contribution in [3.63, 3.8) is 0 Å². The molecule has 6 aliphatic rings. The molecule has 0 aliphatic heterocycles. The first kappa shape index (κ1) is 41.0. The van der Waals surface area contributed by atoms with Gasteiger partial charge in [0.25, 0.3) is 0 Å². The number of hydrogen-bond acceptors (Lipinski definition) is 7. The normalized spacial score (nSPS) is 31.9. The first-order valence-corrected chi connectivity index (χ1v) is 21.8. The summed E-state index contributed by atoms with van der Waals surface area (Å²) >= 11 is 0. The SMILES string of the molecule is COc1ccc(NC(=O)N(Cc2ccc(OC)cc2OC)C[C@]2(O)CC[C@H]3[C@]45C=C[C@@]6(C=C4C(=O)c4ccccc4-c4ccccc4)CC(O)CC[C@]6(C)[C@H]5CC[C@@]32C)cc1. The third-order valence-corrected chi connectivity index (χ3v) is 16.1. The number of ketones is 1. The van der Waals surface area contributed by atoms with Crippen molar-refractivity contribution in [3.8, 4) is 28.4 Å². The van der Waals surface area contributed by atoms with Gasteiger partial charge in [-0.3, -0.25) is 4.79 Å². The summed E-state index contributed by atoms with van der Waals surface area (Å²) in [6.07, 6.45) is 11.4. The van der Waals surface area contributed by atoms with E-state index < -0.39 is 27.9 Å². The lowest BCUT2D eigenvalue weighted by molar-refractivity contribution is -0.174. The predicted octanol–water partition coefficient (Wildman–Crippen LogP) is 9.89. The lowest BCUT2D eigenvalue weighted by atomic mass is 9.32. The third-order valence-electron chi connectivity index (χ3n) is 16.1. The summed E-state index contributed by atoms with van der Waals surface area (Å²) in [4.78, 5) is 31.9. The second-order valence-corrected chi connectivity index (χ2v) is 18.7. The van der Waals surface area contributed by atoms with Crippen LogP contribution in [0.5, 0.6) is 17.2 Å². The number of allylic oxidation sites excluding steroid dienone is 4. The molecular formula is C52H58N2O7. The second kappa shape index (κ2) is 15.2. The van der Waals surface area contributed by atoms with Crippen molar-refractivity contribution >= 4 is 17.5 Å². The number of rotatable bonds is 11. The van der Waals surface area contributed by atoms with E-state index in [2.05, 4.69) is 49.5 Å². The van der Waals surface area contributed by atoms with Gasteiger partial charge in [0.2, 0.25) is 0 Å². The zero-order valence-electron chi connectivity index (χ0n) is 35.9. The number of aliphatic hydroxyl groups excluding tert-OH is 1. The van der Waals surface area contributed by atoms with E-state index in [4.69, 9.17) is 14.2 Å². The van der Waals surface area contributed by atoms with Gasteiger partial charge in [0.1, 0.15) is 17.2 Å². The van der Waals surface area contributed by atoms with Gasteiger partial charge in [-0.25, -0.2) is 4.79 Å². The summed E-state index contributed by atoms with van der Waals surface area (Å²) in [7, 11) is 4.81. The maximum absolute atomic E-state index is 15.6. The van der Waals surface area contributed by atoms with E-state index in [1.807, 2.05) is 54.6 Å². The van der Waals surface area contributed by atoms with Crippen LogP contribution < -0.4 is 19.5 Å². The highest BCUT2D eigenvalue weighted by Crippen LogP contribution is 2.78. The van der Waals surface area contributed by atoms with Crippen molar-refractivity contribution in [3.05, 3.63) is 132 Å². The maximum atomic E-state index is 15.6. The van der Waals surface area contributed by atoms with Gasteiger partial charge in [0, 0.05) is 44.7 Å². The van der Waals surface area contributed by atoms with Crippen LogP contribution in [0.15, 0.2) is 121 Å². The minimum absolute atomic E-state index is 0.0158. The van der Waals surface area contributed by atoms with E-state index >= 15 is 4.79 Å². The zero-order chi connectivity index (χ0) is 42.8. The Labute approximate surface area is 359 Å². The molecule has 1 unspecified atom stereocenters. The zero-order valence-corrected chi connectivity index (χ0v) is 35.9. The van der Waals surface area contributed by atoms with Gasteiger partial charge < -0.3 is 34.6 Å². The number of aliphatic hydroxyl groups is 2.